The highest BCUT2D eigenvalue weighted by molar-refractivity contribution is 6.31. The molecule has 20 heavy (non-hydrogen) atoms. The van der Waals surface area contributed by atoms with Gasteiger partial charge in [-0.05, 0) is 12.1 Å². The van der Waals surface area contributed by atoms with E-state index in [1.54, 1.807) is 0 Å². The zero-order valence-electron chi connectivity index (χ0n) is 9.95. The number of benzene rings is 1. The lowest BCUT2D eigenvalue weighted by Gasteiger charge is -2.06. The first-order valence-electron chi connectivity index (χ1n) is 5.56. The number of aromatic nitrogens is 1. The van der Waals surface area contributed by atoms with Crippen molar-refractivity contribution in [2.75, 3.05) is 11.5 Å². The number of pyridine rings is 1. The molecule has 1 aromatic carbocycles. The summed E-state index contributed by atoms with van der Waals surface area (Å²) in [5.74, 6) is -1.71. The van der Waals surface area contributed by atoms with Crippen LogP contribution in [0.2, 0.25) is 5.02 Å². The van der Waals surface area contributed by atoms with E-state index in [1.807, 2.05) is 0 Å². The SMILES string of the molecule is Nc1oc2cncc(-c3ccc(F)c(Cl)c3F)c2c1N. The summed E-state index contributed by atoms with van der Waals surface area (Å²) in [5.41, 5.74) is 12.3. The molecular formula is C13H8ClF2N3O. The lowest BCUT2D eigenvalue weighted by Crippen LogP contribution is -1.93. The van der Waals surface area contributed by atoms with Gasteiger partial charge in [0.1, 0.15) is 16.5 Å². The second-order valence-electron chi connectivity index (χ2n) is 4.16. The van der Waals surface area contributed by atoms with Crippen molar-refractivity contribution in [3.8, 4) is 11.1 Å². The molecule has 2 aromatic heterocycles. The summed E-state index contributed by atoms with van der Waals surface area (Å²) in [6.07, 6.45) is 2.80. The first-order chi connectivity index (χ1) is 9.50. The van der Waals surface area contributed by atoms with Crippen LogP contribution in [0.25, 0.3) is 22.1 Å². The Kier molecular flexibility index (Phi) is 2.76. The molecule has 0 aliphatic heterocycles. The van der Waals surface area contributed by atoms with Gasteiger partial charge in [0.05, 0.1) is 11.6 Å². The topological polar surface area (TPSA) is 78.1 Å². The highest BCUT2D eigenvalue weighted by Gasteiger charge is 2.19. The van der Waals surface area contributed by atoms with Crippen LogP contribution in [-0.4, -0.2) is 4.98 Å². The van der Waals surface area contributed by atoms with E-state index >= 15 is 0 Å². The Morgan fingerprint density at radius 2 is 1.85 bits per heavy atom. The second kappa shape index (κ2) is 4.35. The van der Waals surface area contributed by atoms with Crippen molar-refractivity contribution in [2.24, 2.45) is 0 Å². The van der Waals surface area contributed by atoms with Gasteiger partial charge >= 0.3 is 0 Å². The Morgan fingerprint density at radius 3 is 2.60 bits per heavy atom. The van der Waals surface area contributed by atoms with E-state index in [0.29, 0.717) is 16.5 Å². The minimum atomic E-state index is -0.889. The fraction of sp³-hybridized carbons (Fsp3) is 0. The highest BCUT2D eigenvalue weighted by Crippen LogP contribution is 2.39. The zero-order chi connectivity index (χ0) is 14.4. The number of anilines is 2. The number of nitrogens with zero attached hydrogens (tertiary/aromatic N) is 1. The van der Waals surface area contributed by atoms with Gasteiger partial charge in [-0.25, -0.2) is 8.78 Å². The maximum Gasteiger partial charge on any atom is 0.214 e. The standard InChI is InChI=1S/C13H8ClF2N3O/c14-10-7(15)2-1-5(11(10)16)6-3-19-4-8-9(6)12(17)13(18)20-8/h1-4H,17-18H2. The van der Waals surface area contributed by atoms with E-state index < -0.39 is 16.7 Å². The normalized spacial score (nSPS) is 11.2. The predicted octanol–water partition coefficient (Wildman–Crippen LogP) is 3.59. The third kappa shape index (κ3) is 1.69. The maximum absolute atomic E-state index is 14.1. The Morgan fingerprint density at radius 1 is 1.10 bits per heavy atom. The summed E-state index contributed by atoms with van der Waals surface area (Å²) in [5, 5.41) is -0.173. The predicted molar refractivity (Wildman–Crippen MR) is 73.2 cm³/mol. The Labute approximate surface area is 116 Å². The number of nitrogens with two attached hydrogens (primary N) is 2. The summed E-state index contributed by atoms with van der Waals surface area (Å²) < 4.78 is 32.5. The van der Waals surface area contributed by atoms with Crippen LogP contribution in [0.1, 0.15) is 0 Å². The number of halogens is 3. The molecule has 0 spiro atoms. The first-order valence-corrected chi connectivity index (χ1v) is 5.93. The fourth-order valence-electron chi connectivity index (χ4n) is 2.03. The van der Waals surface area contributed by atoms with Gasteiger partial charge in [-0.15, -0.1) is 0 Å². The quantitative estimate of drug-likeness (QED) is 0.672. The van der Waals surface area contributed by atoms with Crippen LogP contribution < -0.4 is 11.5 Å². The van der Waals surface area contributed by atoms with E-state index in [1.165, 1.54) is 18.5 Å². The van der Waals surface area contributed by atoms with Gasteiger partial charge < -0.3 is 15.9 Å². The zero-order valence-corrected chi connectivity index (χ0v) is 10.7. The summed E-state index contributed by atoms with van der Waals surface area (Å²) in [4.78, 5) is 3.93. The molecule has 0 aliphatic rings. The number of nitrogen functional groups attached to an aromatic ring is 2. The van der Waals surface area contributed by atoms with Crippen molar-refractivity contribution < 1.29 is 13.2 Å². The van der Waals surface area contributed by atoms with Crippen molar-refractivity contribution in [3.63, 3.8) is 0 Å². The molecule has 7 heteroatoms. The smallest absolute Gasteiger partial charge is 0.214 e. The Hall–Kier alpha value is -2.34. The summed E-state index contributed by atoms with van der Waals surface area (Å²) in [6, 6.07) is 2.33. The molecule has 0 aliphatic carbocycles. The van der Waals surface area contributed by atoms with E-state index in [9.17, 15) is 8.78 Å². The van der Waals surface area contributed by atoms with E-state index in [0.717, 1.165) is 6.07 Å². The average molecular weight is 296 g/mol. The molecule has 0 radical (unpaired) electrons. The summed E-state index contributed by atoms with van der Waals surface area (Å²) >= 11 is 5.58. The van der Waals surface area contributed by atoms with E-state index in [-0.39, 0.29) is 17.1 Å². The fourth-order valence-corrected chi connectivity index (χ4v) is 2.20. The minimum Gasteiger partial charge on any atom is -0.437 e. The molecule has 0 amide bonds. The van der Waals surface area contributed by atoms with Gasteiger partial charge in [0, 0.05) is 17.3 Å². The molecule has 0 saturated heterocycles. The van der Waals surface area contributed by atoms with E-state index in [2.05, 4.69) is 4.98 Å². The molecule has 2 heterocycles. The molecule has 3 aromatic rings. The monoisotopic (exact) mass is 295 g/mol. The van der Waals surface area contributed by atoms with Crippen LogP contribution in [0.5, 0.6) is 0 Å². The van der Waals surface area contributed by atoms with Gasteiger partial charge in [-0.3, -0.25) is 4.98 Å². The molecule has 0 saturated carbocycles. The lowest BCUT2D eigenvalue weighted by atomic mass is 10.0. The lowest BCUT2D eigenvalue weighted by molar-refractivity contribution is 0.586. The second-order valence-corrected chi connectivity index (χ2v) is 4.54. The molecule has 0 fully saturated rings. The van der Waals surface area contributed by atoms with Crippen molar-refractivity contribution >= 4 is 34.1 Å². The molecular weight excluding hydrogens is 288 g/mol. The molecule has 0 unspecified atom stereocenters. The number of rotatable bonds is 1. The Balaban J connectivity index is 2.38. The van der Waals surface area contributed by atoms with Gasteiger partial charge in [0.25, 0.3) is 0 Å². The van der Waals surface area contributed by atoms with Crippen molar-refractivity contribution in [1.82, 2.24) is 4.98 Å². The van der Waals surface area contributed by atoms with Crippen LogP contribution in [0, 0.1) is 11.6 Å². The average Bonchev–Trinajstić information content (AvgIpc) is 2.72. The number of hydrogen-bond acceptors (Lipinski definition) is 4. The van der Waals surface area contributed by atoms with Gasteiger partial charge in [-0.1, -0.05) is 11.6 Å². The number of furan rings is 1. The van der Waals surface area contributed by atoms with Crippen LogP contribution in [0.3, 0.4) is 0 Å². The van der Waals surface area contributed by atoms with Crippen LogP contribution in [0.15, 0.2) is 28.9 Å². The van der Waals surface area contributed by atoms with Crippen LogP contribution in [0.4, 0.5) is 20.4 Å². The number of hydrogen-bond donors (Lipinski definition) is 2. The van der Waals surface area contributed by atoms with Gasteiger partial charge in [-0.2, -0.15) is 0 Å². The molecule has 102 valence electrons. The molecule has 0 atom stereocenters. The third-order valence-corrected chi connectivity index (χ3v) is 3.34. The van der Waals surface area contributed by atoms with Gasteiger partial charge in [0.15, 0.2) is 11.4 Å². The van der Waals surface area contributed by atoms with Crippen LogP contribution >= 0.6 is 11.6 Å². The largest absolute Gasteiger partial charge is 0.437 e. The first kappa shape index (κ1) is 12.7. The van der Waals surface area contributed by atoms with Crippen molar-refractivity contribution in [1.29, 1.82) is 0 Å². The molecule has 4 nitrogen and oxygen atoms in total. The molecule has 4 N–H and O–H groups in total. The minimum absolute atomic E-state index is 0.0165. The van der Waals surface area contributed by atoms with Crippen molar-refractivity contribution in [2.45, 2.75) is 0 Å². The highest BCUT2D eigenvalue weighted by atomic mass is 35.5. The number of fused-ring (bicyclic) bond motifs is 1. The maximum atomic E-state index is 14.1. The van der Waals surface area contributed by atoms with E-state index in [4.69, 9.17) is 27.5 Å². The third-order valence-electron chi connectivity index (χ3n) is 2.99. The molecule has 3 rings (SSSR count). The summed E-state index contributed by atoms with van der Waals surface area (Å²) in [7, 11) is 0. The summed E-state index contributed by atoms with van der Waals surface area (Å²) in [6.45, 7) is 0. The van der Waals surface area contributed by atoms with Crippen LogP contribution in [-0.2, 0) is 0 Å². The van der Waals surface area contributed by atoms with Gasteiger partial charge in [0.2, 0.25) is 5.88 Å². The Bertz CT molecular complexity index is 832. The molecule has 0 bridgehead atoms. The van der Waals surface area contributed by atoms with Crippen molar-refractivity contribution in [3.05, 3.63) is 41.2 Å².